The molecular formula is C15H20N4O. The molecule has 1 aliphatic rings. The van der Waals surface area contributed by atoms with Gasteiger partial charge in [0.1, 0.15) is 0 Å². The summed E-state index contributed by atoms with van der Waals surface area (Å²) in [6.07, 6.45) is 0. The maximum Gasteiger partial charge on any atom is 0.238 e. The van der Waals surface area contributed by atoms with Crippen molar-refractivity contribution in [1.29, 1.82) is 5.26 Å². The summed E-state index contributed by atoms with van der Waals surface area (Å²) in [5, 5.41) is 15.1. The normalized spacial score (nSPS) is 23.1. The van der Waals surface area contributed by atoms with Gasteiger partial charge in [0.25, 0.3) is 0 Å². The van der Waals surface area contributed by atoms with Crippen molar-refractivity contribution in [2.45, 2.75) is 25.9 Å². The minimum atomic E-state index is -0.0407. The lowest BCUT2D eigenvalue weighted by Crippen LogP contribution is -2.55. The van der Waals surface area contributed by atoms with Crippen LogP contribution in [0, 0.1) is 11.3 Å². The van der Waals surface area contributed by atoms with Crippen molar-refractivity contribution in [1.82, 2.24) is 10.2 Å². The van der Waals surface area contributed by atoms with Gasteiger partial charge >= 0.3 is 0 Å². The molecule has 1 aromatic rings. The third-order valence-electron chi connectivity index (χ3n) is 3.52. The van der Waals surface area contributed by atoms with E-state index in [1.807, 2.05) is 0 Å². The van der Waals surface area contributed by atoms with Gasteiger partial charge in [-0.1, -0.05) is 6.07 Å². The van der Waals surface area contributed by atoms with Crippen molar-refractivity contribution < 1.29 is 4.79 Å². The molecule has 2 rings (SSSR count). The van der Waals surface area contributed by atoms with E-state index in [-0.39, 0.29) is 5.91 Å². The summed E-state index contributed by atoms with van der Waals surface area (Å²) in [6, 6.07) is 9.78. The second kappa shape index (κ2) is 6.51. The Labute approximate surface area is 119 Å². The van der Waals surface area contributed by atoms with Gasteiger partial charge < -0.3 is 10.6 Å². The van der Waals surface area contributed by atoms with E-state index < -0.39 is 0 Å². The van der Waals surface area contributed by atoms with Gasteiger partial charge in [-0.05, 0) is 32.0 Å². The highest BCUT2D eigenvalue weighted by atomic mass is 16.2. The Morgan fingerprint density at radius 3 is 3.10 bits per heavy atom. The second-order valence-corrected chi connectivity index (χ2v) is 5.33. The highest BCUT2D eigenvalue weighted by Crippen LogP contribution is 2.11. The Morgan fingerprint density at radius 2 is 2.35 bits per heavy atom. The first-order valence-electron chi connectivity index (χ1n) is 6.86. The first-order chi connectivity index (χ1) is 9.58. The maximum absolute atomic E-state index is 12.1. The predicted molar refractivity (Wildman–Crippen MR) is 78.3 cm³/mol. The summed E-state index contributed by atoms with van der Waals surface area (Å²) < 4.78 is 0. The van der Waals surface area contributed by atoms with Crippen LogP contribution in [0.4, 0.5) is 5.69 Å². The van der Waals surface area contributed by atoms with E-state index in [2.05, 4.69) is 35.5 Å². The average Bonchev–Trinajstić information content (AvgIpc) is 2.43. The van der Waals surface area contributed by atoms with Gasteiger partial charge in [-0.15, -0.1) is 0 Å². The Hall–Kier alpha value is -1.90. The molecule has 0 aliphatic carbocycles. The quantitative estimate of drug-likeness (QED) is 0.867. The third kappa shape index (κ3) is 3.80. The van der Waals surface area contributed by atoms with E-state index in [9.17, 15) is 4.79 Å². The van der Waals surface area contributed by atoms with Crippen LogP contribution in [0.2, 0.25) is 0 Å². The van der Waals surface area contributed by atoms with Crippen LogP contribution in [0.25, 0.3) is 0 Å². The van der Waals surface area contributed by atoms with Crippen molar-refractivity contribution >= 4 is 11.6 Å². The van der Waals surface area contributed by atoms with Crippen LogP contribution in [-0.2, 0) is 4.79 Å². The van der Waals surface area contributed by atoms with Crippen LogP contribution in [0.3, 0.4) is 0 Å². The lowest BCUT2D eigenvalue weighted by atomic mass is 10.1. The van der Waals surface area contributed by atoms with Crippen molar-refractivity contribution in [2.24, 2.45) is 0 Å². The van der Waals surface area contributed by atoms with Crippen LogP contribution in [0.15, 0.2) is 24.3 Å². The SMILES string of the molecule is CC1CN(CC(=O)Nc2cccc(C#N)c2)C(C)CN1. The third-order valence-corrected chi connectivity index (χ3v) is 3.52. The minimum absolute atomic E-state index is 0.0407. The largest absolute Gasteiger partial charge is 0.325 e. The zero-order valence-electron chi connectivity index (χ0n) is 11.9. The molecule has 2 atom stereocenters. The summed E-state index contributed by atoms with van der Waals surface area (Å²) in [6.45, 7) is 6.38. The smallest absolute Gasteiger partial charge is 0.238 e. The zero-order chi connectivity index (χ0) is 14.5. The van der Waals surface area contributed by atoms with E-state index >= 15 is 0 Å². The van der Waals surface area contributed by atoms with Gasteiger partial charge in [0.05, 0.1) is 18.2 Å². The van der Waals surface area contributed by atoms with Gasteiger partial charge in [-0.25, -0.2) is 0 Å². The summed E-state index contributed by atoms with van der Waals surface area (Å²) in [4.78, 5) is 14.2. The Bertz CT molecular complexity index is 523. The fourth-order valence-corrected chi connectivity index (χ4v) is 2.37. The number of anilines is 1. The molecule has 1 aromatic carbocycles. The molecule has 0 spiro atoms. The average molecular weight is 272 g/mol. The number of carbonyl (C=O) groups is 1. The molecular weight excluding hydrogens is 252 g/mol. The molecule has 1 aliphatic heterocycles. The Balaban J connectivity index is 1.93. The maximum atomic E-state index is 12.1. The molecule has 1 saturated heterocycles. The molecule has 2 unspecified atom stereocenters. The zero-order valence-corrected chi connectivity index (χ0v) is 11.9. The summed E-state index contributed by atoms with van der Waals surface area (Å²) >= 11 is 0. The van der Waals surface area contributed by atoms with Gasteiger partial charge in [-0.2, -0.15) is 5.26 Å². The first kappa shape index (κ1) is 14.5. The molecule has 106 valence electrons. The number of nitriles is 1. The predicted octanol–water partition coefficient (Wildman–Crippen LogP) is 1.18. The monoisotopic (exact) mass is 272 g/mol. The van der Waals surface area contributed by atoms with Crippen LogP contribution >= 0.6 is 0 Å². The van der Waals surface area contributed by atoms with Crippen molar-refractivity contribution in [3.8, 4) is 6.07 Å². The van der Waals surface area contributed by atoms with Crippen LogP contribution in [0.5, 0.6) is 0 Å². The van der Waals surface area contributed by atoms with Gasteiger partial charge in [0.15, 0.2) is 0 Å². The number of carbonyl (C=O) groups excluding carboxylic acids is 1. The molecule has 1 heterocycles. The molecule has 1 fully saturated rings. The highest BCUT2D eigenvalue weighted by molar-refractivity contribution is 5.92. The van der Waals surface area contributed by atoms with Crippen LogP contribution in [-0.4, -0.2) is 42.5 Å². The number of nitrogens with zero attached hydrogens (tertiary/aromatic N) is 2. The van der Waals surface area contributed by atoms with Gasteiger partial charge in [-0.3, -0.25) is 9.69 Å². The molecule has 5 nitrogen and oxygen atoms in total. The molecule has 0 radical (unpaired) electrons. The van der Waals surface area contributed by atoms with E-state index in [1.54, 1.807) is 24.3 Å². The van der Waals surface area contributed by atoms with Crippen molar-refractivity contribution in [2.75, 3.05) is 25.0 Å². The molecule has 0 bridgehead atoms. The first-order valence-corrected chi connectivity index (χ1v) is 6.86. The van der Waals surface area contributed by atoms with E-state index in [4.69, 9.17) is 5.26 Å². The summed E-state index contributed by atoms with van der Waals surface area (Å²) in [5.41, 5.74) is 1.22. The summed E-state index contributed by atoms with van der Waals surface area (Å²) in [5.74, 6) is -0.0407. The molecule has 5 heteroatoms. The Kier molecular flexibility index (Phi) is 4.72. The topological polar surface area (TPSA) is 68.2 Å². The molecule has 1 amide bonds. The molecule has 0 saturated carbocycles. The van der Waals surface area contributed by atoms with Crippen LogP contribution < -0.4 is 10.6 Å². The van der Waals surface area contributed by atoms with Crippen molar-refractivity contribution in [3.05, 3.63) is 29.8 Å². The van der Waals surface area contributed by atoms with E-state index in [0.29, 0.717) is 29.9 Å². The molecule has 20 heavy (non-hydrogen) atoms. The van der Waals surface area contributed by atoms with Gasteiger partial charge in [0, 0.05) is 30.9 Å². The van der Waals surface area contributed by atoms with E-state index in [1.165, 1.54) is 0 Å². The number of hydrogen-bond donors (Lipinski definition) is 2. The fraction of sp³-hybridized carbons (Fsp3) is 0.467. The van der Waals surface area contributed by atoms with Gasteiger partial charge in [0.2, 0.25) is 5.91 Å². The number of amides is 1. The van der Waals surface area contributed by atoms with Crippen LogP contribution in [0.1, 0.15) is 19.4 Å². The molecule has 2 N–H and O–H groups in total. The number of rotatable bonds is 3. The summed E-state index contributed by atoms with van der Waals surface area (Å²) in [7, 11) is 0. The number of nitrogens with one attached hydrogen (secondary N) is 2. The van der Waals surface area contributed by atoms with Crippen molar-refractivity contribution in [3.63, 3.8) is 0 Å². The second-order valence-electron chi connectivity index (χ2n) is 5.33. The number of benzene rings is 1. The fourth-order valence-electron chi connectivity index (χ4n) is 2.37. The minimum Gasteiger partial charge on any atom is -0.325 e. The number of hydrogen-bond acceptors (Lipinski definition) is 4. The standard InChI is InChI=1S/C15H20N4O/c1-11-9-19(12(2)8-17-11)10-15(20)18-14-5-3-4-13(6-14)7-16/h3-6,11-12,17H,8-10H2,1-2H3,(H,18,20). The molecule has 0 aromatic heterocycles. The van der Waals surface area contributed by atoms with E-state index in [0.717, 1.165) is 13.1 Å². The lowest BCUT2D eigenvalue weighted by molar-refractivity contribution is -0.118. The number of piperazine rings is 1. The highest BCUT2D eigenvalue weighted by Gasteiger charge is 2.23. The lowest BCUT2D eigenvalue weighted by Gasteiger charge is -2.36. The Morgan fingerprint density at radius 1 is 1.55 bits per heavy atom.